The Morgan fingerprint density at radius 1 is 1.27 bits per heavy atom. The highest BCUT2D eigenvalue weighted by Gasteiger charge is 2.21. The zero-order valence-corrected chi connectivity index (χ0v) is 13.2. The summed E-state index contributed by atoms with van der Waals surface area (Å²) in [6, 6.07) is 2.07. The predicted octanol–water partition coefficient (Wildman–Crippen LogP) is 0.781. The molecule has 0 aliphatic heterocycles. The van der Waals surface area contributed by atoms with E-state index in [2.05, 4.69) is 10.0 Å². The molecular formula is C12H18N2O7S. The minimum absolute atomic E-state index is 0.000635. The van der Waals surface area contributed by atoms with Gasteiger partial charge in [-0.2, -0.15) is 0 Å². The molecule has 0 aromatic carbocycles. The second kappa shape index (κ2) is 6.79. The number of carbonyl (C=O) groups is 2. The van der Waals surface area contributed by atoms with Crippen LogP contribution in [0.5, 0.6) is 0 Å². The topological polar surface area (TPSA) is 135 Å². The van der Waals surface area contributed by atoms with E-state index in [0.717, 1.165) is 12.1 Å². The van der Waals surface area contributed by atoms with Crippen molar-refractivity contribution in [2.24, 2.45) is 0 Å². The van der Waals surface area contributed by atoms with Gasteiger partial charge in [-0.25, -0.2) is 22.7 Å². The molecule has 9 nitrogen and oxygen atoms in total. The van der Waals surface area contributed by atoms with Crippen molar-refractivity contribution in [2.45, 2.75) is 31.5 Å². The summed E-state index contributed by atoms with van der Waals surface area (Å²) in [6.07, 6.45) is -0.669. The number of sulfonamides is 1. The van der Waals surface area contributed by atoms with Gasteiger partial charge in [0.2, 0.25) is 10.9 Å². The molecule has 0 bridgehead atoms. The first kappa shape index (κ1) is 18.0. The molecule has 0 spiro atoms. The van der Waals surface area contributed by atoms with Gasteiger partial charge in [0.05, 0.1) is 0 Å². The molecule has 1 amide bonds. The lowest BCUT2D eigenvalue weighted by atomic mass is 10.2. The molecule has 0 aliphatic carbocycles. The van der Waals surface area contributed by atoms with Crippen LogP contribution in [0.2, 0.25) is 0 Å². The minimum atomic E-state index is -3.98. The van der Waals surface area contributed by atoms with Crippen LogP contribution in [0.3, 0.4) is 0 Å². The molecule has 124 valence electrons. The molecule has 1 aromatic heterocycles. The smallest absolute Gasteiger partial charge is 0.407 e. The van der Waals surface area contributed by atoms with Gasteiger partial charge in [0, 0.05) is 13.1 Å². The third-order valence-corrected chi connectivity index (χ3v) is 3.48. The fraction of sp³-hybridized carbons (Fsp3) is 0.500. The number of hydrogen-bond donors (Lipinski definition) is 3. The summed E-state index contributed by atoms with van der Waals surface area (Å²) in [7, 11) is -3.98. The zero-order valence-electron chi connectivity index (χ0n) is 12.4. The van der Waals surface area contributed by atoms with Crippen molar-refractivity contribution in [1.82, 2.24) is 10.0 Å². The lowest BCUT2D eigenvalue weighted by molar-refractivity contribution is 0.0528. The lowest BCUT2D eigenvalue weighted by Gasteiger charge is -2.19. The molecule has 0 atom stereocenters. The van der Waals surface area contributed by atoms with Crippen LogP contribution in [-0.2, 0) is 14.8 Å². The fourth-order valence-corrected chi connectivity index (χ4v) is 2.27. The molecule has 22 heavy (non-hydrogen) atoms. The molecule has 3 N–H and O–H groups in total. The number of amides is 1. The first-order chi connectivity index (χ1) is 10.0. The third-order valence-electron chi connectivity index (χ3n) is 2.14. The number of nitrogens with one attached hydrogen (secondary N) is 2. The molecule has 0 saturated heterocycles. The second-order valence-corrected chi connectivity index (χ2v) is 6.95. The van der Waals surface area contributed by atoms with E-state index < -0.39 is 38.5 Å². The number of ether oxygens (including phenoxy) is 1. The van der Waals surface area contributed by atoms with E-state index in [4.69, 9.17) is 14.3 Å². The number of rotatable bonds is 6. The molecule has 1 rings (SSSR count). The number of aromatic carboxylic acids is 1. The summed E-state index contributed by atoms with van der Waals surface area (Å²) in [5.41, 5.74) is -0.648. The molecule has 0 aliphatic rings. The number of alkyl carbamates (subject to hydrolysis) is 1. The highest BCUT2D eigenvalue weighted by atomic mass is 32.2. The van der Waals surface area contributed by atoms with Gasteiger partial charge in [0.1, 0.15) is 5.60 Å². The maximum Gasteiger partial charge on any atom is 0.407 e. The van der Waals surface area contributed by atoms with E-state index in [1.54, 1.807) is 20.8 Å². The molecule has 0 unspecified atom stereocenters. The van der Waals surface area contributed by atoms with E-state index in [9.17, 15) is 18.0 Å². The van der Waals surface area contributed by atoms with Gasteiger partial charge in [0.25, 0.3) is 10.0 Å². The normalized spacial score (nSPS) is 12.0. The van der Waals surface area contributed by atoms with Crippen LogP contribution < -0.4 is 10.0 Å². The highest BCUT2D eigenvalue weighted by molar-refractivity contribution is 7.89. The number of furan rings is 1. The van der Waals surface area contributed by atoms with Crippen molar-refractivity contribution in [2.75, 3.05) is 13.1 Å². The van der Waals surface area contributed by atoms with Crippen LogP contribution in [0, 0.1) is 0 Å². The van der Waals surface area contributed by atoms with E-state index in [-0.39, 0.29) is 13.1 Å². The molecule has 0 fully saturated rings. The Morgan fingerprint density at radius 2 is 1.91 bits per heavy atom. The monoisotopic (exact) mass is 334 g/mol. The Morgan fingerprint density at radius 3 is 2.41 bits per heavy atom. The number of carbonyl (C=O) groups excluding carboxylic acids is 1. The predicted molar refractivity (Wildman–Crippen MR) is 75.1 cm³/mol. The minimum Gasteiger partial charge on any atom is -0.475 e. The summed E-state index contributed by atoms with van der Waals surface area (Å²) in [4.78, 5) is 22.0. The maximum atomic E-state index is 11.8. The number of carboxylic acids is 1. The van der Waals surface area contributed by atoms with Crippen molar-refractivity contribution >= 4 is 22.1 Å². The van der Waals surface area contributed by atoms with Crippen LogP contribution in [0.1, 0.15) is 31.3 Å². The molecule has 10 heteroatoms. The third kappa shape index (κ3) is 5.74. The van der Waals surface area contributed by atoms with Crippen molar-refractivity contribution in [3.05, 3.63) is 17.9 Å². The Hall–Kier alpha value is -2.07. The number of carboxylic acid groups (broad SMARTS) is 1. The average Bonchev–Trinajstić information content (AvgIpc) is 2.83. The summed E-state index contributed by atoms with van der Waals surface area (Å²) in [5.74, 6) is -1.85. The summed E-state index contributed by atoms with van der Waals surface area (Å²) in [6.45, 7) is 5.00. The Labute approximate surface area is 127 Å². The molecule has 0 saturated carbocycles. The van der Waals surface area contributed by atoms with Crippen molar-refractivity contribution in [3.63, 3.8) is 0 Å². The van der Waals surface area contributed by atoms with Crippen molar-refractivity contribution in [3.8, 4) is 0 Å². The Bertz CT molecular complexity index is 643. The first-order valence-corrected chi connectivity index (χ1v) is 7.79. The summed E-state index contributed by atoms with van der Waals surface area (Å²) in [5, 5.41) is 10.5. The summed E-state index contributed by atoms with van der Waals surface area (Å²) >= 11 is 0. The van der Waals surface area contributed by atoms with E-state index in [0.29, 0.717) is 0 Å². The number of hydrogen-bond acceptors (Lipinski definition) is 6. The molecule has 1 heterocycles. The highest BCUT2D eigenvalue weighted by Crippen LogP contribution is 2.13. The molecule has 1 aromatic rings. The molecule has 0 radical (unpaired) electrons. The van der Waals surface area contributed by atoms with Crippen LogP contribution in [0.15, 0.2) is 21.6 Å². The van der Waals surface area contributed by atoms with Gasteiger partial charge in [-0.15, -0.1) is 0 Å². The van der Waals surface area contributed by atoms with E-state index in [1.807, 2.05) is 0 Å². The van der Waals surface area contributed by atoms with Crippen molar-refractivity contribution < 1.29 is 32.3 Å². The second-order valence-electron chi connectivity index (χ2n) is 5.25. The Balaban J connectivity index is 2.46. The van der Waals surface area contributed by atoms with Gasteiger partial charge < -0.3 is 19.6 Å². The van der Waals surface area contributed by atoms with Gasteiger partial charge in [-0.3, -0.25) is 0 Å². The van der Waals surface area contributed by atoms with Gasteiger partial charge in [-0.05, 0) is 32.9 Å². The van der Waals surface area contributed by atoms with Crippen LogP contribution >= 0.6 is 0 Å². The fourth-order valence-electron chi connectivity index (χ4n) is 1.31. The SMILES string of the molecule is CC(C)(C)OC(=O)NCCNS(=O)(=O)c1ccc(C(=O)O)o1. The first-order valence-electron chi connectivity index (χ1n) is 6.31. The van der Waals surface area contributed by atoms with E-state index in [1.165, 1.54) is 0 Å². The molecular weight excluding hydrogens is 316 g/mol. The lowest BCUT2D eigenvalue weighted by Crippen LogP contribution is -2.37. The van der Waals surface area contributed by atoms with Crippen LogP contribution in [-0.4, -0.2) is 44.3 Å². The average molecular weight is 334 g/mol. The van der Waals surface area contributed by atoms with Crippen molar-refractivity contribution in [1.29, 1.82) is 0 Å². The quantitative estimate of drug-likeness (QED) is 0.654. The summed E-state index contributed by atoms with van der Waals surface area (Å²) < 4.78 is 35.4. The van der Waals surface area contributed by atoms with Gasteiger partial charge >= 0.3 is 12.1 Å². The Kier molecular flexibility index (Phi) is 5.55. The van der Waals surface area contributed by atoms with Gasteiger partial charge in [0.15, 0.2) is 0 Å². The maximum absolute atomic E-state index is 11.8. The van der Waals surface area contributed by atoms with Gasteiger partial charge in [-0.1, -0.05) is 0 Å². The standard InChI is InChI=1S/C12H18N2O7S/c1-12(2,3)21-11(17)13-6-7-14-22(18,19)9-5-4-8(20-9)10(15)16/h4-5,14H,6-7H2,1-3H3,(H,13,17)(H,15,16). The van der Waals surface area contributed by atoms with E-state index >= 15 is 0 Å². The largest absolute Gasteiger partial charge is 0.475 e. The zero-order chi connectivity index (χ0) is 17.0. The van der Waals surface area contributed by atoms with Crippen LogP contribution in [0.25, 0.3) is 0 Å². The van der Waals surface area contributed by atoms with Crippen LogP contribution in [0.4, 0.5) is 4.79 Å².